The van der Waals surface area contributed by atoms with Gasteiger partial charge >= 0.3 is 0 Å². The Morgan fingerprint density at radius 1 is 1.73 bits per heavy atom. The van der Waals surface area contributed by atoms with Crippen LogP contribution in [-0.2, 0) is 11.3 Å². The number of hydrogen-bond donors (Lipinski definition) is 1. The van der Waals surface area contributed by atoms with Gasteiger partial charge in [0.2, 0.25) is 0 Å². The van der Waals surface area contributed by atoms with Gasteiger partial charge in [-0.05, 0) is 6.92 Å². The summed E-state index contributed by atoms with van der Waals surface area (Å²) in [6.45, 7) is 5.24. The van der Waals surface area contributed by atoms with Crippen LogP contribution in [0, 0.1) is 6.92 Å². The molecule has 1 aliphatic heterocycles. The van der Waals surface area contributed by atoms with E-state index in [-0.39, 0.29) is 12.6 Å². The minimum absolute atomic E-state index is 0.126. The molecule has 1 aromatic rings. The molecule has 15 heavy (non-hydrogen) atoms. The Labute approximate surface area is 93.5 Å². The van der Waals surface area contributed by atoms with Crippen molar-refractivity contribution in [3.63, 3.8) is 0 Å². The maximum Gasteiger partial charge on any atom is 0.0897 e. The molecule has 1 aromatic heterocycles. The molecule has 5 heteroatoms. The highest BCUT2D eigenvalue weighted by Crippen LogP contribution is 2.14. The fourth-order valence-electron chi connectivity index (χ4n) is 1.75. The molecule has 4 nitrogen and oxygen atoms in total. The van der Waals surface area contributed by atoms with E-state index in [0.717, 1.165) is 30.4 Å². The van der Waals surface area contributed by atoms with E-state index in [1.54, 1.807) is 11.3 Å². The van der Waals surface area contributed by atoms with Gasteiger partial charge in [0.25, 0.3) is 0 Å². The first-order chi connectivity index (χ1) is 7.29. The second-order valence-corrected chi connectivity index (χ2v) is 4.80. The maximum absolute atomic E-state index is 9.21. The summed E-state index contributed by atoms with van der Waals surface area (Å²) in [5.74, 6) is 0. The molecule has 1 N–H and O–H groups in total. The van der Waals surface area contributed by atoms with Crippen LogP contribution in [0.5, 0.6) is 0 Å². The molecule has 1 atom stereocenters. The van der Waals surface area contributed by atoms with E-state index in [1.165, 1.54) is 0 Å². The second kappa shape index (κ2) is 5.03. The number of hydrogen-bond acceptors (Lipinski definition) is 5. The summed E-state index contributed by atoms with van der Waals surface area (Å²) < 4.78 is 5.33. The lowest BCUT2D eigenvalue weighted by molar-refractivity contribution is -0.0316. The minimum Gasteiger partial charge on any atom is -0.395 e. The van der Waals surface area contributed by atoms with Crippen molar-refractivity contribution in [1.82, 2.24) is 9.88 Å². The third-order valence-corrected chi connectivity index (χ3v) is 3.41. The Kier molecular flexibility index (Phi) is 3.69. The summed E-state index contributed by atoms with van der Waals surface area (Å²) in [5, 5.41) is 12.4. The number of nitrogens with zero attached hydrogens (tertiary/aromatic N) is 2. The average molecular weight is 228 g/mol. The van der Waals surface area contributed by atoms with Crippen LogP contribution < -0.4 is 0 Å². The van der Waals surface area contributed by atoms with Crippen LogP contribution in [0.15, 0.2) is 5.38 Å². The van der Waals surface area contributed by atoms with Gasteiger partial charge in [0.1, 0.15) is 0 Å². The van der Waals surface area contributed by atoms with Crippen molar-refractivity contribution in [3.05, 3.63) is 16.1 Å². The zero-order chi connectivity index (χ0) is 10.7. The molecular formula is C10H16N2O2S. The van der Waals surface area contributed by atoms with Crippen molar-refractivity contribution in [2.45, 2.75) is 19.5 Å². The Morgan fingerprint density at radius 3 is 3.27 bits per heavy atom. The molecule has 84 valence electrons. The van der Waals surface area contributed by atoms with Crippen molar-refractivity contribution in [1.29, 1.82) is 0 Å². The van der Waals surface area contributed by atoms with Gasteiger partial charge in [-0.2, -0.15) is 0 Å². The lowest BCUT2D eigenvalue weighted by atomic mass is 10.2. The molecule has 0 saturated carbocycles. The Balaban J connectivity index is 1.97. The molecule has 1 fully saturated rings. The molecule has 0 radical (unpaired) electrons. The SMILES string of the molecule is Cc1nc(CN2CCOCC2CO)cs1. The molecule has 2 heterocycles. The quantitative estimate of drug-likeness (QED) is 0.825. The van der Waals surface area contributed by atoms with Crippen LogP contribution in [0.4, 0.5) is 0 Å². The molecule has 2 rings (SSSR count). The third-order valence-electron chi connectivity index (χ3n) is 2.59. The highest BCUT2D eigenvalue weighted by atomic mass is 32.1. The van der Waals surface area contributed by atoms with Gasteiger partial charge in [0.05, 0.1) is 36.6 Å². The van der Waals surface area contributed by atoms with Gasteiger partial charge in [-0.1, -0.05) is 0 Å². The summed E-state index contributed by atoms with van der Waals surface area (Å²) in [6.07, 6.45) is 0. The van der Waals surface area contributed by atoms with Crippen molar-refractivity contribution >= 4 is 11.3 Å². The number of morpholine rings is 1. The van der Waals surface area contributed by atoms with E-state index in [1.807, 2.05) is 6.92 Å². The first-order valence-corrected chi connectivity index (χ1v) is 6.01. The fourth-order valence-corrected chi connectivity index (χ4v) is 2.36. The molecule has 1 aliphatic rings. The molecule has 0 aliphatic carbocycles. The van der Waals surface area contributed by atoms with Gasteiger partial charge in [-0.15, -0.1) is 11.3 Å². The monoisotopic (exact) mass is 228 g/mol. The largest absolute Gasteiger partial charge is 0.395 e. The fraction of sp³-hybridized carbons (Fsp3) is 0.700. The standard InChI is InChI=1S/C10H16N2O2S/c1-8-11-9(7-15-8)4-12-2-3-14-6-10(12)5-13/h7,10,13H,2-6H2,1H3. The topological polar surface area (TPSA) is 45.6 Å². The van der Waals surface area contributed by atoms with Crippen LogP contribution in [-0.4, -0.2) is 47.4 Å². The maximum atomic E-state index is 9.21. The zero-order valence-electron chi connectivity index (χ0n) is 8.85. The lowest BCUT2D eigenvalue weighted by Crippen LogP contribution is -2.46. The summed E-state index contributed by atoms with van der Waals surface area (Å²) in [7, 11) is 0. The molecule has 0 amide bonds. The van der Waals surface area contributed by atoms with Crippen LogP contribution in [0.2, 0.25) is 0 Å². The van der Waals surface area contributed by atoms with Gasteiger partial charge in [0.15, 0.2) is 0 Å². The third kappa shape index (κ3) is 2.75. The number of aryl methyl sites for hydroxylation is 1. The Morgan fingerprint density at radius 2 is 2.60 bits per heavy atom. The number of aliphatic hydroxyl groups is 1. The average Bonchev–Trinajstić information content (AvgIpc) is 2.65. The van der Waals surface area contributed by atoms with E-state index < -0.39 is 0 Å². The first kappa shape index (κ1) is 11.0. The predicted molar refractivity (Wildman–Crippen MR) is 59.0 cm³/mol. The normalized spacial score (nSPS) is 23.2. The van der Waals surface area contributed by atoms with Crippen molar-refractivity contribution in [2.24, 2.45) is 0 Å². The minimum atomic E-state index is 0.126. The van der Waals surface area contributed by atoms with Crippen molar-refractivity contribution < 1.29 is 9.84 Å². The second-order valence-electron chi connectivity index (χ2n) is 3.74. The van der Waals surface area contributed by atoms with E-state index in [2.05, 4.69) is 15.3 Å². The van der Waals surface area contributed by atoms with Crippen LogP contribution in [0.1, 0.15) is 10.7 Å². The summed E-state index contributed by atoms with van der Waals surface area (Å²) in [5.41, 5.74) is 1.10. The van der Waals surface area contributed by atoms with E-state index >= 15 is 0 Å². The number of ether oxygens (including phenoxy) is 1. The highest BCUT2D eigenvalue weighted by Gasteiger charge is 2.22. The smallest absolute Gasteiger partial charge is 0.0897 e. The Bertz CT molecular complexity index is 316. The Hall–Kier alpha value is -0.490. The molecule has 1 unspecified atom stereocenters. The zero-order valence-corrected chi connectivity index (χ0v) is 9.66. The van der Waals surface area contributed by atoms with Crippen LogP contribution >= 0.6 is 11.3 Å². The van der Waals surface area contributed by atoms with Gasteiger partial charge in [-0.3, -0.25) is 4.90 Å². The van der Waals surface area contributed by atoms with Crippen molar-refractivity contribution in [2.75, 3.05) is 26.4 Å². The summed E-state index contributed by atoms with van der Waals surface area (Å²) in [6, 6.07) is 0.126. The molecule has 0 spiro atoms. The van der Waals surface area contributed by atoms with E-state index in [0.29, 0.717) is 6.61 Å². The van der Waals surface area contributed by atoms with Crippen LogP contribution in [0.25, 0.3) is 0 Å². The molecule has 1 saturated heterocycles. The highest BCUT2D eigenvalue weighted by molar-refractivity contribution is 7.09. The number of aromatic nitrogens is 1. The van der Waals surface area contributed by atoms with Crippen LogP contribution in [0.3, 0.4) is 0 Å². The molecule has 0 aromatic carbocycles. The summed E-state index contributed by atoms with van der Waals surface area (Å²) >= 11 is 1.67. The first-order valence-electron chi connectivity index (χ1n) is 5.13. The summed E-state index contributed by atoms with van der Waals surface area (Å²) in [4.78, 5) is 6.66. The number of rotatable bonds is 3. The number of thiazole rings is 1. The number of aliphatic hydroxyl groups excluding tert-OH is 1. The van der Waals surface area contributed by atoms with Gasteiger partial charge < -0.3 is 9.84 Å². The lowest BCUT2D eigenvalue weighted by Gasteiger charge is -2.33. The predicted octanol–water partition coefficient (Wildman–Crippen LogP) is 0.645. The van der Waals surface area contributed by atoms with Crippen molar-refractivity contribution in [3.8, 4) is 0 Å². The van der Waals surface area contributed by atoms with Gasteiger partial charge in [0, 0.05) is 18.5 Å². The molecular weight excluding hydrogens is 212 g/mol. The van der Waals surface area contributed by atoms with E-state index in [4.69, 9.17) is 4.74 Å². The molecule has 0 bridgehead atoms. The van der Waals surface area contributed by atoms with E-state index in [9.17, 15) is 5.11 Å². The van der Waals surface area contributed by atoms with Gasteiger partial charge in [-0.25, -0.2) is 4.98 Å².